The average Bonchev–Trinajstić information content (AvgIpc) is 3.33. The van der Waals surface area contributed by atoms with E-state index in [1.165, 1.54) is 0 Å². The fourth-order valence-corrected chi connectivity index (χ4v) is 5.15. The summed E-state index contributed by atoms with van der Waals surface area (Å²) in [6.45, 7) is 6.19. The number of pyridine rings is 1. The molecule has 0 radical (unpaired) electrons. The van der Waals surface area contributed by atoms with Gasteiger partial charge in [-0.05, 0) is 81.0 Å². The van der Waals surface area contributed by atoms with Crippen LogP contribution in [0.3, 0.4) is 0 Å². The molecule has 168 valence electrons. The molecule has 1 saturated heterocycles. The number of sulfonamides is 1. The zero-order chi connectivity index (χ0) is 23.0. The summed E-state index contributed by atoms with van der Waals surface area (Å²) in [6, 6.07) is 15.7. The lowest BCUT2D eigenvalue weighted by Crippen LogP contribution is -2.30. The molecule has 1 fully saturated rings. The van der Waals surface area contributed by atoms with Crippen LogP contribution >= 0.6 is 12.2 Å². The third-order valence-corrected chi connectivity index (χ3v) is 6.46. The van der Waals surface area contributed by atoms with Gasteiger partial charge in [-0.3, -0.25) is 9.71 Å². The molecule has 3 heterocycles. The Hall–Kier alpha value is -2.91. The second-order valence-corrected chi connectivity index (χ2v) is 10.4. The van der Waals surface area contributed by atoms with Crippen molar-refractivity contribution in [1.29, 1.82) is 0 Å². The highest BCUT2D eigenvalue weighted by atomic mass is 32.2. The number of hydrogen-bond acceptors (Lipinski definition) is 4. The summed E-state index contributed by atoms with van der Waals surface area (Å²) in [5.74, 6) is 0. The number of aryl methyl sites for hydroxylation is 1. The Kier molecular flexibility index (Phi) is 5.96. The minimum atomic E-state index is -3.36. The third kappa shape index (κ3) is 4.35. The predicted molar refractivity (Wildman–Crippen MR) is 132 cm³/mol. The minimum absolute atomic E-state index is 0.122. The van der Waals surface area contributed by atoms with Crippen molar-refractivity contribution < 1.29 is 8.42 Å². The number of thiocarbonyl (C=S) groups is 1. The molecule has 9 heteroatoms. The molecule has 0 unspecified atom stereocenters. The lowest BCUT2D eigenvalue weighted by molar-refractivity contribution is 0.497. The molecular weight excluding hydrogens is 442 g/mol. The van der Waals surface area contributed by atoms with Crippen LogP contribution in [-0.4, -0.2) is 29.3 Å². The number of anilines is 2. The molecule has 0 spiro atoms. The van der Waals surface area contributed by atoms with E-state index in [1.807, 2.05) is 37.3 Å². The molecule has 4 rings (SSSR count). The van der Waals surface area contributed by atoms with Gasteiger partial charge in [0.15, 0.2) is 5.11 Å². The Labute approximate surface area is 194 Å². The number of nitrogens with zero attached hydrogens (tertiary/aromatic N) is 3. The van der Waals surface area contributed by atoms with Gasteiger partial charge in [0.2, 0.25) is 10.0 Å². The monoisotopic (exact) mass is 469 g/mol. The predicted octanol–water partition coefficient (Wildman–Crippen LogP) is 4.32. The second kappa shape index (κ2) is 8.55. The van der Waals surface area contributed by atoms with Crippen molar-refractivity contribution >= 4 is 38.7 Å². The van der Waals surface area contributed by atoms with Crippen LogP contribution < -0.4 is 14.9 Å². The maximum atomic E-state index is 11.7. The van der Waals surface area contributed by atoms with Crippen molar-refractivity contribution in [2.75, 3.05) is 15.9 Å². The Morgan fingerprint density at radius 3 is 2.56 bits per heavy atom. The second-order valence-electron chi connectivity index (χ2n) is 8.30. The minimum Gasteiger partial charge on any atom is -0.351 e. The van der Waals surface area contributed by atoms with Crippen LogP contribution in [-0.2, 0) is 10.0 Å². The van der Waals surface area contributed by atoms with Crippen LogP contribution in [0.4, 0.5) is 11.4 Å². The third-order valence-electron chi connectivity index (χ3n) is 5.55. The topological polar surface area (TPSA) is 79.3 Å². The number of benzene rings is 1. The van der Waals surface area contributed by atoms with Gasteiger partial charge in [-0.25, -0.2) is 8.42 Å². The molecule has 1 aliphatic heterocycles. The molecule has 1 aromatic carbocycles. The quantitative estimate of drug-likeness (QED) is 0.524. The van der Waals surface area contributed by atoms with Crippen molar-refractivity contribution in [3.63, 3.8) is 0 Å². The highest BCUT2D eigenvalue weighted by molar-refractivity contribution is 7.92. The van der Waals surface area contributed by atoms with E-state index in [-0.39, 0.29) is 18.1 Å². The molecule has 0 bridgehead atoms. The molecule has 32 heavy (non-hydrogen) atoms. The van der Waals surface area contributed by atoms with E-state index >= 15 is 0 Å². The molecule has 2 N–H and O–H groups in total. The standard InChI is InChI=1S/C23H27N5O2S2/c1-15(2)27-13-7-9-20(27)22-21(19-8-5-6-12-24-19)25-23(31)28(22)17-10-11-18(16(3)14-17)26-32(4,29)30/h5-15,21-22,26H,1-4H3,(H,25,31)/t21-,22+/m1/s1. The Morgan fingerprint density at radius 2 is 1.94 bits per heavy atom. The molecule has 1 aliphatic rings. The van der Waals surface area contributed by atoms with Crippen molar-refractivity contribution in [3.8, 4) is 0 Å². The van der Waals surface area contributed by atoms with Gasteiger partial charge in [0.05, 0.1) is 23.7 Å². The molecule has 2 aromatic heterocycles. The highest BCUT2D eigenvalue weighted by Gasteiger charge is 2.42. The highest BCUT2D eigenvalue weighted by Crippen LogP contribution is 2.42. The summed E-state index contributed by atoms with van der Waals surface area (Å²) in [4.78, 5) is 6.69. The average molecular weight is 470 g/mol. The molecule has 0 aliphatic carbocycles. The summed E-state index contributed by atoms with van der Waals surface area (Å²) in [5.41, 5.74) is 4.29. The van der Waals surface area contributed by atoms with Gasteiger partial charge in [-0.1, -0.05) is 6.07 Å². The first-order valence-electron chi connectivity index (χ1n) is 10.4. The zero-order valence-electron chi connectivity index (χ0n) is 18.5. The Bertz CT molecular complexity index is 1240. The zero-order valence-corrected chi connectivity index (χ0v) is 20.1. The van der Waals surface area contributed by atoms with E-state index in [0.717, 1.165) is 28.9 Å². The Morgan fingerprint density at radius 1 is 1.16 bits per heavy atom. The molecule has 0 amide bonds. The first-order valence-corrected chi connectivity index (χ1v) is 12.7. The van der Waals surface area contributed by atoms with Crippen LogP contribution in [0.15, 0.2) is 60.9 Å². The van der Waals surface area contributed by atoms with Gasteiger partial charge in [0, 0.05) is 29.8 Å². The summed E-state index contributed by atoms with van der Waals surface area (Å²) in [7, 11) is -3.36. The number of rotatable bonds is 6. The van der Waals surface area contributed by atoms with Gasteiger partial charge >= 0.3 is 0 Å². The first kappa shape index (κ1) is 22.3. The van der Waals surface area contributed by atoms with Crippen LogP contribution in [0.25, 0.3) is 0 Å². The molecular formula is C23H27N5O2S2. The van der Waals surface area contributed by atoms with E-state index in [0.29, 0.717) is 10.8 Å². The van der Waals surface area contributed by atoms with Gasteiger partial charge < -0.3 is 14.8 Å². The molecule has 2 atom stereocenters. The van der Waals surface area contributed by atoms with E-state index in [9.17, 15) is 8.42 Å². The molecule has 0 saturated carbocycles. The van der Waals surface area contributed by atoms with E-state index in [1.54, 1.807) is 12.3 Å². The van der Waals surface area contributed by atoms with Gasteiger partial charge in [-0.15, -0.1) is 0 Å². The molecule has 7 nitrogen and oxygen atoms in total. The largest absolute Gasteiger partial charge is 0.351 e. The van der Waals surface area contributed by atoms with Crippen molar-refractivity contribution in [2.24, 2.45) is 0 Å². The summed E-state index contributed by atoms with van der Waals surface area (Å²) in [6.07, 6.45) is 5.02. The lowest BCUT2D eigenvalue weighted by atomic mass is 10.00. The van der Waals surface area contributed by atoms with Gasteiger partial charge in [0.1, 0.15) is 6.04 Å². The maximum absolute atomic E-state index is 11.7. The number of nitrogens with one attached hydrogen (secondary N) is 2. The van der Waals surface area contributed by atoms with Crippen LogP contribution in [0, 0.1) is 6.92 Å². The van der Waals surface area contributed by atoms with E-state index in [2.05, 4.69) is 56.7 Å². The van der Waals surface area contributed by atoms with Gasteiger partial charge in [0.25, 0.3) is 0 Å². The van der Waals surface area contributed by atoms with E-state index < -0.39 is 10.0 Å². The molecule has 3 aromatic rings. The SMILES string of the molecule is Cc1cc(N2C(=S)N[C@H](c3ccccn3)[C@@H]2c2cccn2C(C)C)ccc1NS(C)(=O)=O. The number of aromatic nitrogens is 2. The van der Waals surface area contributed by atoms with Crippen molar-refractivity contribution in [2.45, 2.75) is 38.9 Å². The normalized spacial score (nSPS) is 18.8. The van der Waals surface area contributed by atoms with Crippen LogP contribution in [0.2, 0.25) is 0 Å². The van der Waals surface area contributed by atoms with Gasteiger partial charge in [-0.2, -0.15) is 0 Å². The van der Waals surface area contributed by atoms with E-state index in [4.69, 9.17) is 12.2 Å². The van der Waals surface area contributed by atoms with Crippen LogP contribution in [0.5, 0.6) is 0 Å². The fourth-order valence-electron chi connectivity index (χ4n) is 4.17. The lowest BCUT2D eigenvalue weighted by Gasteiger charge is -2.30. The summed E-state index contributed by atoms with van der Waals surface area (Å²) in [5, 5.41) is 4.07. The van der Waals surface area contributed by atoms with Crippen molar-refractivity contribution in [1.82, 2.24) is 14.9 Å². The number of hydrogen-bond donors (Lipinski definition) is 2. The maximum Gasteiger partial charge on any atom is 0.229 e. The summed E-state index contributed by atoms with van der Waals surface area (Å²) < 4.78 is 28.2. The first-order chi connectivity index (χ1) is 15.2. The van der Waals surface area contributed by atoms with Crippen LogP contribution in [0.1, 0.15) is 48.9 Å². The fraction of sp³-hybridized carbons (Fsp3) is 0.304. The smallest absolute Gasteiger partial charge is 0.229 e. The summed E-state index contributed by atoms with van der Waals surface area (Å²) >= 11 is 5.79. The Balaban J connectivity index is 1.82. The van der Waals surface area contributed by atoms with Crippen molar-refractivity contribution in [3.05, 3.63) is 77.9 Å².